The van der Waals surface area contributed by atoms with Crippen molar-refractivity contribution in [2.75, 3.05) is 0 Å². The van der Waals surface area contributed by atoms with Crippen molar-refractivity contribution in [2.24, 2.45) is 17.3 Å². The molecule has 0 spiro atoms. The number of carbonyl (C=O) groups excluding carboxylic acids is 1. The Bertz CT molecular complexity index is 692. The summed E-state index contributed by atoms with van der Waals surface area (Å²) in [6.45, 7) is 0. The Morgan fingerprint density at radius 3 is 2.04 bits per heavy atom. The monoisotopic (exact) mass is 346 g/mol. The fourth-order valence-corrected chi connectivity index (χ4v) is 5.23. The molecule has 4 fully saturated rings. The van der Waals surface area contributed by atoms with Crippen molar-refractivity contribution < 1.29 is 31.5 Å². The Labute approximate surface area is 135 Å². The minimum Gasteiger partial charge on any atom is -0.420 e. The van der Waals surface area contributed by atoms with E-state index in [1.165, 1.54) is 0 Å². The van der Waals surface area contributed by atoms with Gasteiger partial charge >= 0.3 is 5.97 Å². The highest BCUT2D eigenvalue weighted by Gasteiger charge is 2.62. The van der Waals surface area contributed by atoms with E-state index < -0.39 is 46.1 Å². The number of halogens is 5. The van der Waals surface area contributed by atoms with Crippen LogP contribution < -0.4 is 4.74 Å². The average molecular weight is 346 g/mol. The molecule has 0 N–H and O–H groups in total. The predicted molar refractivity (Wildman–Crippen MR) is 72.9 cm³/mol. The van der Waals surface area contributed by atoms with E-state index in [1.807, 2.05) is 0 Å². The van der Waals surface area contributed by atoms with E-state index in [0.29, 0.717) is 25.7 Å². The minimum absolute atomic E-state index is 0.0303. The van der Waals surface area contributed by atoms with Crippen molar-refractivity contribution in [1.82, 2.24) is 0 Å². The smallest absolute Gasteiger partial charge is 0.317 e. The molecule has 0 aromatic heterocycles. The third-order valence-electron chi connectivity index (χ3n) is 5.69. The highest BCUT2D eigenvalue weighted by atomic mass is 19.2. The standard InChI is InChI=1S/C17H15F5O2/c18-10-2-11(19)13(21)14(12(10)20)24-15(23)16-3-8-1-9(4-16)6-17(22,5-8)7-16/h2,8-9H,1,3-7H2. The van der Waals surface area contributed by atoms with Crippen LogP contribution in [0.5, 0.6) is 5.75 Å². The van der Waals surface area contributed by atoms with Crippen LogP contribution in [0.2, 0.25) is 0 Å². The molecule has 7 heteroatoms. The van der Waals surface area contributed by atoms with Crippen LogP contribution in [0.25, 0.3) is 0 Å². The molecular formula is C17H15F5O2. The van der Waals surface area contributed by atoms with Gasteiger partial charge in [-0.2, -0.15) is 8.78 Å². The average Bonchev–Trinajstić information content (AvgIpc) is 2.47. The third kappa shape index (κ3) is 2.24. The van der Waals surface area contributed by atoms with Crippen molar-refractivity contribution in [3.8, 4) is 5.75 Å². The summed E-state index contributed by atoms with van der Waals surface area (Å²) in [5, 5.41) is 0. The maximum absolute atomic E-state index is 14.8. The van der Waals surface area contributed by atoms with Gasteiger partial charge < -0.3 is 4.74 Å². The number of ether oxygens (including phenoxy) is 1. The third-order valence-corrected chi connectivity index (χ3v) is 5.69. The maximum Gasteiger partial charge on any atom is 0.317 e. The molecule has 1 aromatic rings. The fourth-order valence-electron chi connectivity index (χ4n) is 5.23. The fraction of sp³-hybridized carbons (Fsp3) is 0.588. The first kappa shape index (κ1) is 15.8. The molecule has 0 aliphatic heterocycles. The first-order valence-corrected chi connectivity index (χ1v) is 7.96. The van der Waals surface area contributed by atoms with Crippen LogP contribution in [0.15, 0.2) is 6.07 Å². The molecule has 5 rings (SSSR count). The maximum atomic E-state index is 14.8. The summed E-state index contributed by atoms with van der Waals surface area (Å²) in [7, 11) is 0. The highest BCUT2D eigenvalue weighted by molar-refractivity contribution is 5.80. The number of alkyl halides is 1. The molecule has 4 aliphatic rings. The zero-order chi connectivity index (χ0) is 17.3. The van der Waals surface area contributed by atoms with E-state index >= 15 is 0 Å². The molecule has 2 nitrogen and oxygen atoms in total. The van der Waals surface area contributed by atoms with E-state index in [2.05, 4.69) is 0 Å². The quantitative estimate of drug-likeness (QED) is 0.342. The largest absolute Gasteiger partial charge is 0.420 e. The zero-order valence-electron chi connectivity index (χ0n) is 12.7. The molecule has 130 valence electrons. The Morgan fingerprint density at radius 1 is 1.00 bits per heavy atom. The number of esters is 1. The molecule has 0 radical (unpaired) electrons. The topological polar surface area (TPSA) is 26.3 Å². The van der Waals surface area contributed by atoms with Crippen LogP contribution in [-0.2, 0) is 4.79 Å². The van der Waals surface area contributed by atoms with Gasteiger partial charge in [0.1, 0.15) is 5.67 Å². The Hall–Kier alpha value is -1.66. The van der Waals surface area contributed by atoms with Crippen LogP contribution in [0.4, 0.5) is 22.0 Å². The van der Waals surface area contributed by atoms with E-state index in [9.17, 15) is 26.7 Å². The number of benzene rings is 1. The molecule has 1 aromatic carbocycles. The van der Waals surface area contributed by atoms with Gasteiger partial charge in [-0.1, -0.05) is 0 Å². The lowest BCUT2D eigenvalue weighted by Crippen LogP contribution is -2.57. The first-order chi connectivity index (χ1) is 11.2. The minimum atomic E-state index is -1.76. The van der Waals surface area contributed by atoms with Gasteiger partial charge in [0.25, 0.3) is 0 Å². The summed E-state index contributed by atoms with van der Waals surface area (Å²) in [4.78, 5) is 12.6. The van der Waals surface area contributed by atoms with Crippen LogP contribution in [-0.4, -0.2) is 11.6 Å². The summed E-state index contributed by atoms with van der Waals surface area (Å²) in [5.41, 5.74) is -2.63. The summed E-state index contributed by atoms with van der Waals surface area (Å²) < 4.78 is 73.5. The van der Waals surface area contributed by atoms with Gasteiger partial charge in [0.05, 0.1) is 5.41 Å². The van der Waals surface area contributed by atoms with Crippen molar-refractivity contribution in [2.45, 2.75) is 44.2 Å². The summed E-state index contributed by atoms with van der Waals surface area (Å²) in [6, 6.07) is 0.0449. The molecule has 2 unspecified atom stereocenters. The van der Waals surface area contributed by atoms with Gasteiger partial charge in [0.15, 0.2) is 11.6 Å². The number of rotatable bonds is 2. The molecule has 0 heterocycles. The Balaban J connectivity index is 1.66. The van der Waals surface area contributed by atoms with Crippen LogP contribution in [0.3, 0.4) is 0 Å². The van der Waals surface area contributed by atoms with Gasteiger partial charge in [-0.05, 0) is 50.4 Å². The van der Waals surface area contributed by atoms with Crippen molar-refractivity contribution in [3.05, 3.63) is 29.3 Å². The lowest BCUT2D eigenvalue weighted by Gasteiger charge is -2.57. The normalized spacial score (nSPS) is 36.9. The summed E-state index contributed by atoms with van der Waals surface area (Å²) in [6.07, 6.45) is 2.31. The van der Waals surface area contributed by atoms with E-state index in [-0.39, 0.29) is 24.3 Å². The van der Waals surface area contributed by atoms with E-state index in [1.54, 1.807) is 0 Å². The second-order valence-corrected chi connectivity index (χ2v) is 7.58. The molecular weight excluding hydrogens is 331 g/mol. The lowest BCUT2D eigenvalue weighted by atomic mass is 9.48. The molecule has 4 aliphatic carbocycles. The van der Waals surface area contributed by atoms with Crippen LogP contribution in [0.1, 0.15) is 38.5 Å². The number of hydrogen-bond donors (Lipinski definition) is 0. The Kier molecular flexibility index (Phi) is 3.25. The molecule has 2 atom stereocenters. The molecule has 4 bridgehead atoms. The van der Waals surface area contributed by atoms with Crippen molar-refractivity contribution in [1.29, 1.82) is 0 Å². The van der Waals surface area contributed by atoms with E-state index in [0.717, 1.165) is 6.42 Å². The highest BCUT2D eigenvalue weighted by Crippen LogP contribution is 2.63. The Morgan fingerprint density at radius 2 is 1.54 bits per heavy atom. The molecule has 0 saturated heterocycles. The number of carbonyl (C=O) groups is 1. The second-order valence-electron chi connectivity index (χ2n) is 7.58. The van der Waals surface area contributed by atoms with Gasteiger partial charge in [-0.15, -0.1) is 0 Å². The van der Waals surface area contributed by atoms with Crippen molar-refractivity contribution >= 4 is 5.97 Å². The predicted octanol–water partition coefficient (Wildman–Crippen LogP) is 4.46. The van der Waals surface area contributed by atoms with Gasteiger partial charge in [-0.3, -0.25) is 4.79 Å². The van der Waals surface area contributed by atoms with Crippen molar-refractivity contribution in [3.63, 3.8) is 0 Å². The van der Waals surface area contributed by atoms with Crippen LogP contribution >= 0.6 is 0 Å². The second kappa shape index (κ2) is 4.92. The first-order valence-electron chi connectivity index (χ1n) is 7.96. The van der Waals surface area contributed by atoms with Crippen LogP contribution in [0, 0.1) is 40.5 Å². The zero-order valence-corrected chi connectivity index (χ0v) is 12.7. The number of hydrogen-bond acceptors (Lipinski definition) is 2. The molecule has 24 heavy (non-hydrogen) atoms. The summed E-state index contributed by atoms with van der Waals surface area (Å²) in [5.74, 6) is -9.15. The SMILES string of the molecule is O=C(Oc1c(F)c(F)cc(F)c1F)C12CC3CC(CC(F)(C3)C1)C2. The molecule has 0 amide bonds. The van der Waals surface area contributed by atoms with Gasteiger partial charge in [0.2, 0.25) is 17.4 Å². The van der Waals surface area contributed by atoms with Gasteiger partial charge in [0, 0.05) is 6.07 Å². The van der Waals surface area contributed by atoms with Gasteiger partial charge in [-0.25, -0.2) is 13.2 Å². The lowest BCUT2D eigenvalue weighted by molar-refractivity contribution is -0.174. The molecule has 4 saturated carbocycles. The van der Waals surface area contributed by atoms with E-state index in [4.69, 9.17) is 4.74 Å². The summed E-state index contributed by atoms with van der Waals surface area (Å²) >= 11 is 0.